The van der Waals surface area contributed by atoms with Crippen molar-refractivity contribution in [3.63, 3.8) is 0 Å². The third-order valence-corrected chi connectivity index (χ3v) is 2.10. The second-order valence-corrected chi connectivity index (χ2v) is 3.40. The molecule has 0 fully saturated rings. The lowest BCUT2D eigenvalue weighted by Crippen LogP contribution is -2.16. The van der Waals surface area contributed by atoms with E-state index in [-0.39, 0.29) is 0 Å². The van der Waals surface area contributed by atoms with Gasteiger partial charge >= 0.3 is 0 Å². The molecule has 0 spiro atoms. The second kappa shape index (κ2) is 8.32. The summed E-state index contributed by atoms with van der Waals surface area (Å²) in [6.07, 6.45) is 7.05. The van der Waals surface area contributed by atoms with Crippen LogP contribution in [0, 0.1) is 0 Å². The fourth-order valence-corrected chi connectivity index (χ4v) is 1.29. The second-order valence-electron chi connectivity index (χ2n) is 3.40. The molecule has 0 aromatic carbocycles. The van der Waals surface area contributed by atoms with E-state index in [1.165, 1.54) is 12.8 Å². The Morgan fingerprint density at radius 1 is 1.20 bits per heavy atom. The van der Waals surface area contributed by atoms with Crippen LogP contribution in [-0.4, -0.2) is 30.2 Å². The molecule has 15 heavy (non-hydrogen) atoms. The van der Waals surface area contributed by atoms with Crippen LogP contribution in [0.15, 0.2) is 18.5 Å². The first-order valence-corrected chi connectivity index (χ1v) is 5.39. The molecule has 4 nitrogen and oxygen atoms in total. The molecular weight excluding hydrogens is 190 g/mol. The number of hydrogen-bond donors (Lipinski definition) is 1. The maximum Gasteiger partial charge on any atom is 0.141 e. The van der Waals surface area contributed by atoms with Gasteiger partial charge in [0.05, 0.1) is 6.54 Å². The van der Waals surface area contributed by atoms with E-state index in [2.05, 4.69) is 15.3 Å². The van der Waals surface area contributed by atoms with E-state index in [1.54, 1.807) is 19.5 Å². The van der Waals surface area contributed by atoms with Crippen LogP contribution in [0.4, 0.5) is 0 Å². The predicted molar refractivity (Wildman–Crippen MR) is 59.5 cm³/mol. The monoisotopic (exact) mass is 209 g/mol. The summed E-state index contributed by atoms with van der Waals surface area (Å²) in [6.45, 7) is 2.63. The first kappa shape index (κ1) is 12.1. The van der Waals surface area contributed by atoms with E-state index in [4.69, 9.17) is 4.74 Å². The molecule has 0 amide bonds. The summed E-state index contributed by atoms with van der Waals surface area (Å²) < 4.78 is 4.98. The van der Waals surface area contributed by atoms with Crippen LogP contribution in [0.1, 0.15) is 25.1 Å². The summed E-state index contributed by atoms with van der Waals surface area (Å²) in [5.41, 5.74) is 0. The third-order valence-electron chi connectivity index (χ3n) is 2.10. The Morgan fingerprint density at radius 3 is 2.73 bits per heavy atom. The number of rotatable bonds is 8. The molecule has 0 aliphatic carbocycles. The molecule has 0 atom stereocenters. The number of unbranched alkanes of at least 4 members (excludes halogenated alkanes) is 2. The van der Waals surface area contributed by atoms with E-state index < -0.39 is 0 Å². The molecule has 0 aliphatic heterocycles. The number of aromatic nitrogens is 2. The highest BCUT2D eigenvalue weighted by Gasteiger charge is 1.93. The zero-order chi connectivity index (χ0) is 10.8. The maximum atomic E-state index is 4.98. The highest BCUT2D eigenvalue weighted by Crippen LogP contribution is 1.94. The Kier molecular flexibility index (Phi) is 6.70. The van der Waals surface area contributed by atoms with Gasteiger partial charge < -0.3 is 10.1 Å². The van der Waals surface area contributed by atoms with Crippen molar-refractivity contribution in [1.29, 1.82) is 0 Å². The van der Waals surface area contributed by atoms with Crippen LogP contribution in [0.5, 0.6) is 0 Å². The SMILES string of the molecule is COCCCCCNCc1ncccn1. The van der Waals surface area contributed by atoms with Crippen molar-refractivity contribution in [2.24, 2.45) is 0 Å². The van der Waals surface area contributed by atoms with Gasteiger partial charge in [0.15, 0.2) is 0 Å². The summed E-state index contributed by atoms with van der Waals surface area (Å²) in [5, 5.41) is 3.31. The zero-order valence-corrected chi connectivity index (χ0v) is 9.28. The lowest BCUT2D eigenvalue weighted by molar-refractivity contribution is 0.192. The largest absolute Gasteiger partial charge is 0.385 e. The van der Waals surface area contributed by atoms with Crippen LogP contribution in [-0.2, 0) is 11.3 Å². The summed E-state index contributed by atoms with van der Waals surface area (Å²) in [6, 6.07) is 1.83. The molecule has 0 aliphatic rings. The zero-order valence-electron chi connectivity index (χ0n) is 9.28. The molecular formula is C11H19N3O. The first-order chi connectivity index (χ1) is 7.43. The van der Waals surface area contributed by atoms with E-state index in [0.29, 0.717) is 0 Å². The van der Waals surface area contributed by atoms with Crippen molar-refractivity contribution in [2.45, 2.75) is 25.8 Å². The number of nitrogens with one attached hydrogen (secondary N) is 1. The van der Waals surface area contributed by atoms with Crippen molar-refractivity contribution in [2.75, 3.05) is 20.3 Å². The van der Waals surface area contributed by atoms with E-state index in [9.17, 15) is 0 Å². The minimum absolute atomic E-state index is 0.755. The van der Waals surface area contributed by atoms with Gasteiger partial charge in [-0.1, -0.05) is 0 Å². The topological polar surface area (TPSA) is 47.0 Å². The number of nitrogens with zero attached hydrogens (tertiary/aromatic N) is 2. The van der Waals surface area contributed by atoms with Gasteiger partial charge in [0.2, 0.25) is 0 Å². The normalized spacial score (nSPS) is 10.5. The molecule has 84 valence electrons. The van der Waals surface area contributed by atoms with Crippen molar-refractivity contribution < 1.29 is 4.74 Å². The van der Waals surface area contributed by atoms with Crippen LogP contribution in [0.3, 0.4) is 0 Å². The number of ether oxygens (including phenoxy) is 1. The molecule has 0 saturated heterocycles. The standard InChI is InChI=1S/C11H19N3O/c1-15-9-4-2-3-6-12-10-11-13-7-5-8-14-11/h5,7-8,12H,2-4,6,9-10H2,1H3. The third kappa shape index (κ3) is 6.14. The van der Waals surface area contributed by atoms with E-state index in [0.717, 1.165) is 31.9 Å². The van der Waals surface area contributed by atoms with Gasteiger partial charge in [-0.25, -0.2) is 9.97 Å². The quantitative estimate of drug-likeness (QED) is 0.657. The van der Waals surface area contributed by atoms with Crippen molar-refractivity contribution >= 4 is 0 Å². The summed E-state index contributed by atoms with van der Waals surface area (Å²) in [7, 11) is 1.74. The lowest BCUT2D eigenvalue weighted by atomic mass is 10.2. The van der Waals surface area contributed by atoms with Crippen molar-refractivity contribution in [3.05, 3.63) is 24.3 Å². The predicted octanol–water partition coefficient (Wildman–Crippen LogP) is 1.38. The Bertz CT molecular complexity index is 241. The molecule has 1 heterocycles. The number of methoxy groups -OCH3 is 1. The fourth-order valence-electron chi connectivity index (χ4n) is 1.29. The molecule has 0 unspecified atom stereocenters. The highest BCUT2D eigenvalue weighted by atomic mass is 16.5. The van der Waals surface area contributed by atoms with Crippen molar-refractivity contribution in [3.8, 4) is 0 Å². The molecule has 1 N–H and O–H groups in total. The first-order valence-electron chi connectivity index (χ1n) is 5.39. The van der Waals surface area contributed by atoms with Gasteiger partial charge in [0.25, 0.3) is 0 Å². The molecule has 0 saturated carbocycles. The average Bonchev–Trinajstić information content (AvgIpc) is 2.29. The summed E-state index contributed by atoms with van der Waals surface area (Å²) in [4.78, 5) is 8.26. The van der Waals surface area contributed by atoms with Gasteiger partial charge in [0, 0.05) is 26.1 Å². The summed E-state index contributed by atoms with van der Waals surface area (Å²) >= 11 is 0. The Balaban J connectivity index is 1.93. The van der Waals surface area contributed by atoms with E-state index in [1.807, 2.05) is 6.07 Å². The summed E-state index contributed by atoms with van der Waals surface area (Å²) in [5.74, 6) is 0.856. The highest BCUT2D eigenvalue weighted by molar-refractivity contribution is 4.87. The van der Waals surface area contributed by atoms with E-state index >= 15 is 0 Å². The van der Waals surface area contributed by atoms with Crippen LogP contribution in [0.25, 0.3) is 0 Å². The minimum Gasteiger partial charge on any atom is -0.385 e. The Hall–Kier alpha value is -1.00. The van der Waals surface area contributed by atoms with Gasteiger partial charge in [-0.05, 0) is 31.9 Å². The molecule has 0 bridgehead atoms. The molecule has 1 aromatic rings. The Labute approximate surface area is 91.1 Å². The van der Waals surface area contributed by atoms with Gasteiger partial charge in [0.1, 0.15) is 5.82 Å². The van der Waals surface area contributed by atoms with Crippen LogP contribution in [0.2, 0.25) is 0 Å². The van der Waals surface area contributed by atoms with Crippen LogP contribution < -0.4 is 5.32 Å². The minimum atomic E-state index is 0.755. The maximum absolute atomic E-state index is 4.98. The fraction of sp³-hybridized carbons (Fsp3) is 0.636. The Morgan fingerprint density at radius 2 is 2.00 bits per heavy atom. The molecule has 4 heteroatoms. The average molecular weight is 209 g/mol. The lowest BCUT2D eigenvalue weighted by Gasteiger charge is -2.03. The van der Waals surface area contributed by atoms with Gasteiger partial charge in [-0.2, -0.15) is 0 Å². The van der Waals surface area contributed by atoms with Gasteiger partial charge in [-0.15, -0.1) is 0 Å². The molecule has 1 rings (SSSR count). The number of hydrogen-bond acceptors (Lipinski definition) is 4. The van der Waals surface area contributed by atoms with Gasteiger partial charge in [-0.3, -0.25) is 0 Å². The van der Waals surface area contributed by atoms with Crippen LogP contribution >= 0.6 is 0 Å². The molecule has 0 radical (unpaired) electrons. The molecule has 1 aromatic heterocycles. The smallest absolute Gasteiger partial charge is 0.141 e. The van der Waals surface area contributed by atoms with Crippen molar-refractivity contribution in [1.82, 2.24) is 15.3 Å².